The number of anilines is 2. The van der Waals surface area contributed by atoms with Gasteiger partial charge in [0.25, 0.3) is 5.91 Å². The van der Waals surface area contributed by atoms with E-state index in [4.69, 9.17) is 4.74 Å². The number of benzene rings is 1. The lowest BCUT2D eigenvalue weighted by Crippen LogP contribution is -2.15. The molecular formula is C22H27N3O2. The van der Waals surface area contributed by atoms with Gasteiger partial charge in [0, 0.05) is 18.4 Å². The van der Waals surface area contributed by atoms with Crippen molar-refractivity contribution >= 4 is 17.3 Å². The summed E-state index contributed by atoms with van der Waals surface area (Å²) in [5.41, 5.74) is 4.51. The number of carbonyl (C=O) groups excluding carboxylic acids is 1. The maximum absolute atomic E-state index is 12.6. The van der Waals surface area contributed by atoms with Gasteiger partial charge in [-0.05, 0) is 68.9 Å². The molecule has 1 aromatic carbocycles. The van der Waals surface area contributed by atoms with Crippen LogP contribution in [-0.2, 0) is 0 Å². The van der Waals surface area contributed by atoms with E-state index in [2.05, 4.69) is 21.7 Å². The van der Waals surface area contributed by atoms with Crippen LogP contribution in [0.4, 0.5) is 11.4 Å². The quantitative estimate of drug-likeness (QED) is 0.681. The third-order valence-electron chi connectivity index (χ3n) is 4.76. The Kier molecular flexibility index (Phi) is 6.47. The molecule has 27 heavy (non-hydrogen) atoms. The fourth-order valence-corrected chi connectivity index (χ4v) is 3.27. The number of carbonyl (C=O) groups is 1. The highest BCUT2D eigenvalue weighted by Gasteiger charge is 2.12. The van der Waals surface area contributed by atoms with Crippen molar-refractivity contribution in [3.05, 3.63) is 59.4 Å². The highest BCUT2D eigenvalue weighted by atomic mass is 16.5. The van der Waals surface area contributed by atoms with E-state index < -0.39 is 0 Å². The standard InChI is InChI=1S/C22H27N3O2/c1-16-8-9-21(27-2)19(14-16)25-22(26)20-15-18(11-13-24-20)23-12-10-17-6-4-3-5-7-17/h6,8-9,11,13-15H,3-5,7,10,12H2,1-2H3,(H,23,24)(H,25,26). The van der Waals surface area contributed by atoms with Crippen molar-refractivity contribution in [2.75, 3.05) is 24.3 Å². The van der Waals surface area contributed by atoms with Crippen LogP contribution in [-0.4, -0.2) is 24.5 Å². The second-order valence-corrected chi connectivity index (χ2v) is 6.87. The highest BCUT2D eigenvalue weighted by molar-refractivity contribution is 6.04. The summed E-state index contributed by atoms with van der Waals surface area (Å²) >= 11 is 0. The molecule has 1 aliphatic rings. The molecule has 0 radical (unpaired) electrons. The van der Waals surface area contributed by atoms with Gasteiger partial charge in [0.05, 0.1) is 12.8 Å². The largest absolute Gasteiger partial charge is 0.495 e. The molecule has 0 atom stereocenters. The van der Waals surface area contributed by atoms with Crippen molar-refractivity contribution in [1.29, 1.82) is 0 Å². The lowest BCUT2D eigenvalue weighted by molar-refractivity contribution is 0.102. The molecule has 0 bridgehead atoms. The molecule has 1 aromatic heterocycles. The van der Waals surface area contributed by atoms with E-state index >= 15 is 0 Å². The first-order valence-electron chi connectivity index (χ1n) is 9.49. The molecular weight excluding hydrogens is 338 g/mol. The highest BCUT2D eigenvalue weighted by Crippen LogP contribution is 2.26. The minimum Gasteiger partial charge on any atom is -0.495 e. The number of pyridine rings is 1. The zero-order valence-corrected chi connectivity index (χ0v) is 16.0. The molecule has 0 fully saturated rings. The average molecular weight is 365 g/mol. The first-order chi connectivity index (χ1) is 13.2. The summed E-state index contributed by atoms with van der Waals surface area (Å²) in [5, 5.41) is 6.29. The van der Waals surface area contributed by atoms with Crippen molar-refractivity contribution in [2.24, 2.45) is 0 Å². The van der Waals surface area contributed by atoms with Crippen LogP contribution < -0.4 is 15.4 Å². The summed E-state index contributed by atoms with van der Waals surface area (Å²) in [6.07, 6.45) is 10.1. The Balaban J connectivity index is 1.61. The molecule has 3 rings (SSSR count). The molecule has 1 heterocycles. The van der Waals surface area contributed by atoms with E-state index in [9.17, 15) is 4.79 Å². The van der Waals surface area contributed by atoms with Crippen LogP contribution in [0.15, 0.2) is 48.2 Å². The zero-order chi connectivity index (χ0) is 19.1. The summed E-state index contributed by atoms with van der Waals surface area (Å²) in [6, 6.07) is 9.35. The molecule has 0 unspecified atom stereocenters. The van der Waals surface area contributed by atoms with Crippen LogP contribution in [0.5, 0.6) is 5.75 Å². The third-order valence-corrected chi connectivity index (χ3v) is 4.76. The van der Waals surface area contributed by atoms with Crippen LogP contribution in [0.3, 0.4) is 0 Å². The summed E-state index contributed by atoms with van der Waals surface area (Å²) in [5.74, 6) is 0.376. The van der Waals surface area contributed by atoms with Crippen LogP contribution in [0.2, 0.25) is 0 Å². The first kappa shape index (κ1) is 19.0. The van der Waals surface area contributed by atoms with E-state index in [1.165, 1.54) is 31.3 Å². The number of hydrogen-bond donors (Lipinski definition) is 2. The van der Waals surface area contributed by atoms with E-state index in [1.807, 2.05) is 31.2 Å². The number of ether oxygens (including phenoxy) is 1. The van der Waals surface area contributed by atoms with Crippen molar-refractivity contribution in [2.45, 2.75) is 39.0 Å². The van der Waals surface area contributed by atoms with Gasteiger partial charge in [-0.25, -0.2) is 0 Å². The Hall–Kier alpha value is -2.82. The van der Waals surface area contributed by atoms with Crippen LogP contribution >= 0.6 is 0 Å². The van der Waals surface area contributed by atoms with Gasteiger partial charge in [0.2, 0.25) is 0 Å². The van der Waals surface area contributed by atoms with Crippen molar-refractivity contribution < 1.29 is 9.53 Å². The Bertz CT molecular complexity index is 830. The van der Waals surface area contributed by atoms with Gasteiger partial charge in [0.1, 0.15) is 11.4 Å². The van der Waals surface area contributed by atoms with Crippen LogP contribution in [0, 0.1) is 6.92 Å². The molecule has 2 N–H and O–H groups in total. The second-order valence-electron chi connectivity index (χ2n) is 6.87. The molecule has 5 heteroatoms. The zero-order valence-electron chi connectivity index (χ0n) is 16.0. The smallest absolute Gasteiger partial charge is 0.274 e. The molecule has 0 aliphatic heterocycles. The Morgan fingerprint density at radius 2 is 2.11 bits per heavy atom. The summed E-state index contributed by atoms with van der Waals surface area (Å²) in [6.45, 7) is 2.84. The molecule has 1 aliphatic carbocycles. The third kappa shape index (κ3) is 5.33. The molecule has 0 spiro atoms. The Morgan fingerprint density at radius 3 is 2.89 bits per heavy atom. The SMILES string of the molecule is COc1ccc(C)cc1NC(=O)c1cc(NCCC2=CCCCC2)ccn1. The topological polar surface area (TPSA) is 63.2 Å². The van der Waals surface area contributed by atoms with Crippen LogP contribution in [0.25, 0.3) is 0 Å². The maximum Gasteiger partial charge on any atom is 0.274 e. The predicted molar refractivity (Wildman–Crippen MR) is 110 cm³/mol. The van der Waals surface area contributed by atoms with E-state index in [1.54, 1.807) is 19.4 Å². The molecule has 2 aromatic rings. The van der Waals surface area contributed by atoms with E-state index in [0.717, 1.165) is 24.2 Å². The number of methoxy groups -OCH3 is 1. The lowest BCUT2D eigenvalue weighted by Gasteiger charge is -2.14. The minimum absolute atomic E-state index is 0.252. The molecule has 0 saturated heterocycles. The minimum atomic E-state index is -0.252. The number of rotatable bonds is 7. The average Bonchev–Trinajstić information content (AvgIpc) is 2.69. The molecule has 142 valence electrons. The summed E-state index contributed by atoms with van der Waals surface area (Å²) < 4.78 is 5.32. The number of nitrogens with zero attached hydrogens (tertiary/aromatic N) is 1. The van der Waals surface area contributed by atoms with Gasteiger partial charge in [-0.3, -0.25) is 9.78 Å². The molecule has 5 nitrogen and oxygen atoms in total. The van der Waals surface area contributed by atoms with Gasteiger partial charge in [-0.1, -0.05) is 17.7 Å². The fourth-order valence-electron chi connectivity index (χ4n) is 3.27. The second kappa shape index (κ2) is 9.21. The number of allylic oxidation sites excluding steroid dienone is 1. The number of aryl methyl sites for hydroxylation is 1. The number of amides is 1. The summed E-state index contributed by atoms with van der Waals surface area (Å²) in [7, 11) is 1.59. The fraction of sp³-hybridized carbons (Fsp3) is 0.364. The number of aromatic nitrogens is 1. The summed E-state index contributed by atoms with van der Waals surface area (Å²) in [4.78, 5) is 16.8. The van der Waals surface area contributed by atoms with Crippen LogP contribution in [0.1, 0.15) is 48.2 Å². The van der Waals surface area contributed by atoms with Gasteiger partial charge in [-0.15, -0.1) is 0 Å². The monoisotopic (exact) mass is 365 g/mol. The van der Waals surface area contributed by atoms with Gasteiger partial charge >= 0.3 is 0 Å². The predicted octanol–water partition coefficient (Wildman–Crippen LogP) is 4.95. The lowest BCUT2D eigenvalue weighted by atomic mass is 9.97. The molecule has 1 amide bonds. The Labute approximate surface area is 160 Å². The van der Waals surface area contributed by atoms with E-state index in [0.29, 0.717) is 17.1 Å². The van der Waals surface area contributed by atoms with Crippen molar-refractivity contribution in [1.82, 2.24) is 4.98 Å². The van der Waals surface area contributed by atoms with Crippen molar-refractivity contribution in [3.8, 4) is 5.75 Å². The number of hydrogen-bond acceptors (Lipinski definition) is 4. The normalized spacial score (nSPS) is 13.6. The Morgan fingerprint density at radius 1 is 1.22 bits per heavy atom. The first-order valence-corrected chi connectivity index (χ1v) is 9.49. The van der Waals surface area contributed by atoms with Crippen molar-refractivity contribution in [3.63, 3.8) is 0 Å². The maximum atomic E-state index is 12.6. The van der Waals surface area contributed by atoms with Gasteiger partial charge < -0.3 is 15.4 Å². The molecule has 0 saturated carbocycles. The number of nitrogens with one attached hydrogen (secondary N) is 2. The van der Waals surface area contributed by atoms with Gasteiger partial charge in [-0.2, -0.15) is 0 Å². The van der Waals surface area contributed by atoms with E-state index in [-0.39, 0.29) is 5.91 Å². The van der Waals surface area contributed by atoms with Gasteiger partial charge in [0.15, 0.2) is 0 Å².